The molecule has 1 aliphatic carbocycles. The summed E-state index contributed by atoms with van der Waals surface area (Å²) in [4.78, 5) is 0. The molecular formula is C15H31BO2. The highest BCUT2D eigenvalue weighted by Gasteiger charge is 2.29. The maximum Gasteiger partial charge on any atom is 0.454 e. The van der Waals surface area contributed by atoms with Crippen LogP contribution in [-0.2, 0) is 0 Å². The fourth-order valence-corrected chi connectivity index (χ4v) is 3.27. The second kappa shape index (κ2) is 8.98. The summed E-state index contributed by atoms with van der Waals surface area (Å²) < 4.78 is 0. The summed E-state index contributed by atoms with van der Waals surface area (Å²) in [5.74, 6) is 1.72. The van der Waals surface area contributed by atoms with Gasteiger partial charge in [0.25, 0.3) is 0 Å². The van der Waals surface area contributed by atoms with Crippen molar-refractivity contribution in [3.63, 3.8) is 0 Å². The molecule has 0 bridgehead atoms. The van der Waals surface area contributed by atoms with Crippen LogP contribution in [0.25, 0.3) is 0 Å². The van der Waals surface area contributed by atoms with E-state index in [1.165, 1.54) is 51.4 Å². The van der Waals surface area contributed by atoms with E-state index in [4.69, 9.17) is 0 Å². The van der Waals surface area contributed by atoms with Crippen LogP contribution in [0.5, 0.6) is 0 Å². The lowest BCUT2D eigenvalue weighted by molar-refractivity contribution is 0.274. The summed E-state index contributed by atoms with van der Waals surface area (Å²) in [7, 11) is -1.09. The van der Waals surface area contributed by atoms with Gasteiger partial charge < -0.3 is 10.0 Å². The smallest absolute Gasteiger partial charge is 0.427 e. The van der Waals surface area contributed by atoms with E-state index in [-0.39, 0.29) is 5.82 Å². The Kier molecular flexibility index (Phi) is 8.00. The molecule has 0 aromatic carbocycles. The molecule has 0 heterocycles. The molecule has 0 amide bonds. The highest BCUT2D eigenvalue weighted by atomic mass is 16.4. The van der Waals surface area contributed by atoms with Gasteiger partial charge in [0.15, 0.2) is 0 Å². The van der Waals surface area contributed by atoms with Crippen LogP contribution in [0.4, 0.5) is 0 Å². The third kappa shape index (κ3) is 6.24. The van der Waals surface area contributed by atoms with Crippen molar-refractivity contribution in [2.24, 2.45) is 11.8 Å². The predicted octanol–water partition coefficient (Wildman–Crippen LogP) is 4.02. The molecule has 1 fully saturated rings. The van der Waals surface area contributed by atoms with E-state index in [1.807, 2.05) is 0 Å². The van der Waals surface area contributed by atoms with E-state index in [1.54, 1.807) is 0 Å². The van der Waals surface area contributed by atoms with Crippen molar-refractivity contribution in [1.82, 2.24) is 0 Å². The van der Waals surface area contributed by atoms with Gasteiger partial charge in [-0.25, -0.2) is 0 Å². The molecule has 0 radical (unpaired) electrons. The first kappa shape index (κ1) is 16.0. The maximum atomic E-state index is 9.27. The second-order valence-corrected chi connectivity index (χ2v) is 6.38. The molecule has 3 heteroatoms. The Morgan fingerprint density at radius 3 is 2.61 bits per heavy atom. The first-order valence-corrected chi connectivity index (χ1v) is 7.99. The minimum absolute atomic E-state index is 0.138. The summed E-state index contributed by atoms with van der Waals surface area (Å²) in [6, 6.07) is 0. The molecule has 0 aromatic heterocycles. The normalized spacial score (nSPS) is 26.0. The lowest BCUT2D eigenvalue weighted by Gasteiger charge is -2.29. The van der Waals surface area contributed by atoms with Gasteiger partial charge in [0.05, 0.1) is 0 Å². The van der Waals surface area contributed by atoms with E-state index in [9.17, 15) is 10.0 Å². The molecule has 18 heavy (non-hydrogen) atoms. The van der Waals surface area contributed by atoms with Crippen molar-refractivity contribution in [2.45, 2.75) is 83.9 Å². The van der Waals surface area contributed by atoms with Crippen molar-refractivity contribution in [3.8, 4) is 0 Å². The molecule has 0 aliphatic heterocycles. The van der Waals surface area contributed by atoms with Gasteiger partial charge in [-0.1, -0.05) is 71.6 Å². The summed E-state index contributed by atoms with van der Waals surface area (Å²) in [5.41, 5.74) is 0. The van der Waals surface area contributed by atoms with Crippen LogP contribution < -0.4 is 0 Å². The fraction of sp³-hybridized carbons (Fsp3) is 1.00. The van der Waals surface area contributed by atoms with Crippen molar-refractivity contribution in [2.75, 3.05) is 0 Å². The topological polar surface area (TPSA) is 40.5 Å². The summed E-state index contributed by atoms with van der Waals surface area (Å²) >= 11 is 0. The van der Waals surface area contributed by atoms with Crippen molar-refractivity contribution in [3.05, 3.63) is 0 Å². The Hall–Kier alpha value is -0.0151. The summed E-state index contributed by atoms with van der Waals surface area (Å²) in [6.45, 7) is 4.63. The van der Waals surface area contributed by atoms with Gasteiger partial charge in [-0.05, 0) is 24.1 Å². The summed E-state index contributed by atoms with van der Waals surface area (Å²) in [5, 5.41) is 18.5. The van der Waals surface area contributed by atoms with Crippen LogP contribution in [0.1, 0.15) is 78.1 Å². The van der Waals surface area contributed by atoms with Crippen molar-refractivity contribution in [1.29, 1.82) is 0 Å². The number of unbranched alkanes of at least 4 members (excludes halogenated alkanes) is 2. The Labute approximate surface area is 113 Å². The Morgan fingerprint density at radius 1 is 1.17 bits per heavy atom. The van der Waals surface area contributed by atoms with Crippen LogP contribution in [-0.4, -0.2) is 17.2 Å². The van der Waals surface area contributed by atoms with Crippen LogP contribution in [0.2, 0.25) is 5.82 Å². The maximum absolute atomic E-state index is 9.27. The van der Waals surface area contributed by atoms with E-state index in [2.05, 4.69) is 13.8 Å². The molecule has 2 N–H and O–H groups in total. The van der Waals surface area contributed by atoms with Crippen LogP contribution in [0.3, 0.4) is 0 Å². The average molecular weight is 254 g/mol. The van der Waals surface area contributed by atoms with Gasteiger partial charge in [0, 0.05) is 0 Å². The standard InChI is InChI=1S/C15H31BO2/c1-3-4-5-7-13(2)10-11-14-8-6-9-15(12-14)16(17)18/h13-15,17-18H,3-12H2,1-2H3. The predicted molar refractivity (Wildman–Crippen MR) is 78.4 cm³/mol. The molecule has 0 aromatic rings. The number of rotatable bonds is 8. The van der Waals surface area contributed by atoms with Gasteiger partial charge in [-0.2, -0.15) is 0 Å². The zero-order valence-electron chi connectivity index (χ0n) is 12.3. The van der Waals surface area contributed by atoms with E-state index >= 15 is 0 Å². The van der Waals surface area contributed by atoms with Crippen LogP contribution in [0, 0.1) is 11.8 Å². The van der Waals surface area contributed by atoms with Gasteiger partial charge >= 0.3 is 7.12 Å². The highest BCUT2D eigenvalue weighted by Crippen LogP contribution is 2.37. The quantitative estimate of drug-likeness (QED) is 0.507. The zero-order chi connectivity index (χ0) is 13.4. The average Bonchev–Trinajstić information content (AvgIpc) is 2.37. The molecule has 0 saturated heterocycles. The lowest BCUT2D eigenvalue weighted by Crippen LogP contribution is -2.26. The molecule has 3 unspecified atom stereocenters. The zero-order valence-corrected chi connectivity index (χ0v) is 12.3. The SMILES string of the molecule is CCCCCC(C)CCC1CCCC(B(O)O)C1. The molecule has 2 nitrogen and oxygen atoms in total. The molecule has 3 atom stereocenters. The van der Waals surface area contributed by atoms with E-state index in [0.717, 1.165) is 24.7 Å². The third-order valence-corrected chi connectivity index (χ3v) is 4.61. The van der Waals surface area contributed by atoms with Gasteiger partial charge in [-0.15, -0.1) is 0 Å². The van der Waals surface area contributed by atoms with Crippen molar-refractivity contribution >= 4 is 7.12 Å². The van der Waals surface area contributed by atoms with Crippen molar-refractivity contribution < 1.29 is 10.0 Å². The Morgan fingerprint density at radius 2 is 1.94 bits per heavy atom. The molecule has 106 valence electrons. The lowest BCUT2D eigenvalue weighted by atomic mass is 9.62. The minimum Gasteiger partial charge on any atom is -0.427 e. The molecular weight excluding hydrogens is 223 g/mol. The number of hydrogen-bond acceptors (Lipinski definition) is 2. The van der Waals surface area contributed by atoms with Crippen LogP contribution >= 0.6 is 0 Å². The Balaban J connectivity index is 2.14. The van der Waals surface area contributed by atoms with E-state index < -0.39 is 7.12 Å². The fourth-order valence-electron chi connectivity index (χ4n) is 3.27. The van der Waals surface area contributed by atoms with Gasteiger partial charge in [0.2, 0.25) is 0 Å². The summed E-state index contributed by atoms with van der Waals surface area (Å²) in [6.07, 6.45) is 12.5. The van der Waals surface area contributed by atoms with E-state index in [0.29, 0.717) is 0 Å². The molecule has 1 saturated carbocycles. The molecule has 1 aliphatic rings. The van der Waals surface area contributed by atoms with Gasteiger partial charge in [0.1, 0.15) is 0 Å². The molecule has 1 rings (SSSR count). The largest absolute Gasteiger partial charge is 0.454 e. The highest BCUT2D eigenvalue weighted by molar-refractivity contribution is 6.43. The van der Waals surface area contributed by atoms with Crippen LogP contribution in [0.15, 0.2) is 0 Å². The monoisotopic (exact) mass is 254 g/mol. The molecule has 0 spiro atoms. The minimum atomic E-state index is -1.09. The first-order chi connectivity index (χ1) is 8.63. The number of hydrogen-bond donors (Lipinski definition) is 2. The second-order valence-electron chi connectivity index (χ2n) is 6.38. The Bertz CT molecular complexity index is 209. The third-order valence-electron chi connectivity index (χ3n) is 4.61. The van der Waals surface area contributed by atoms with Gasteiger partial charge in [-0.3, -0.25) is 0 Å². The first-order valence-electron chi connectivity index (χ1n) is 7.99.